The molecule has 1 saturated heterocycles. The van der Waals surface area contributed by atoms with Crippen molar-refractivity contribution in [3.05, 3.63) is 0 Å². The lowest BCUT2D eigenvalue weighted by molar-refractivity contribution is 0.192. The molecule has 0 aromatic heterocycles. The summed E-state index contributed by atoms with van der Waals surface area (Å²) in [7, 11) is 0. The Bertz CT molecular complexity index is 117. The van der Waals surface area contributed by atoms with Gasteiger partial charge in [-0.3, -0.25) is 4.90 Å². The van der Waals surface area contributed by atoms with Gasteiger partial charge in [-0.25, -0.2) is 0 Å². The summed E-state index contributed by atoms with van der Waals surface area (Å²) in [5.41, 5.74) is 0. The third-order valence-corrected chi connectivity index (χ3v) is 2.98. The van der Waals surface area contributed by atoms with Crippen LogP contribution in [0, 0.1) is 0 Å². The maximum atomic E-state index is 3.46. The zero-order valence-corrected chi connectivity index (χ0v) is 9.18. The van der Waals surface area contributed by atoms with Crippen LogP contribution in [0.1, 0.15) is 39.5 Å². The first-order chi connectivity index (χ1) is 6.38. The highest BCUT2D eigenvalue weighted by Gasteiger charge is 2.16. The normalized spacial score (nSPS) is 22.6. The highest BCUT2D eigenvalue weighted by Crippen LogP contribution is 2.11. The van der Waals surface area contributed by atoms with Gasteiger partial charge in [-0.15, -0.1) is 0 Å². The van der Waals surface area contributed by atoms with E-state index in [0.29, 0.717) is 0 Å². The molecule has 1 aliphatic rings. The molecule has 1 rings (SSSR count). The van der Waals surface area contributed by atoms with E-state index in [1.54, 1.807) is 0 Å². The fraction of sp³-hybridized carbons (Fsp3) is 1.00. The number of rotatable bonds is 4. The first kappa shape index (κ1) is 11.0. The van der Waals surface area contributed by atoms with Crippen molar-refractivity contribution in [3.63, 3.8) is 0 Å². The van der Waals surface area contributed by atoms with Crippen LogP contribution in [-0.2, 0) is 0 Å². The second-order valence-corrected chi connectivity index (χ2v) is 3.99. The molecule has 1 aliphatic heterocycles. The number of hydrogen-bond donors (Lipinski definition) is 1. The van der Waals surface area contributed by atoms with E-state index in [-0.39, 0.29) is 0 Å². The molecular weight excluding hydrogens is 160 g/mol. The van der Waals surface area contributed by atoms with Crippen molar-refractivity contribution in [3.8, 4) is 0 Å². The fourth-order valence-electron chi connectivity index (χ4n) is 2.21. The third-order valence-electron chi connectivity index (χ3n) is 2.98. The molecule has 0 radical (unpaired) electrons. The van der Waals surface area contributed by atoms with E-state index < -0.39 is 0 Å². The minimum atomic E-state index is 0.838. The Labute approximate surface area is 82.7 Å². The summed E-state index contributed by atoms with van der Waals surface area (Å²) in [4.78, 5) is 2.67. The summed E-state index contributed by atoms with van der Waals surface area (Å²) >= 11 is 0. The van der Waals surface area contributed by atoms with Gasteiger partial charge in [0, 0.05) is 19.1 Å². The van der Waals surface area contributed by atoms with E-state index in [2.05, 4.69) is 24.1 Å². The molecule has 0 aliphatic carbocycles. The van der Waals surface area contributed by atoms with Crippen LogP contribution < -0.4 is 5.32 Å². The van der Waals surface area contributed by atoms with Crippen molar-refractivity contribution in [1.82, 2.24) is 10.2 Å². The largest absolute Gasteiger partial charge is 0.315 e. The predicted molar refractivity (Wildman–Crippen MR) is 58.0 cm³/mol. The first-order valence-corrected chi connectivity index (χ1v) is 5.83. The second kappa shape index (κ2) is 6.39. The van der Waals surface area contributed by atoms with E-state index >= 15 is 0 Å². The predicted octanol–water partition coefficient (Wildman–Crippen LogP) is 1.86. The number of nitrogens with zero attached hydrogens (tertiary/aromatic N) is 1. The minimum Gasteiger partial charge on any atom is -0.315 e. The zero-order chi connectivity index (χ0) is 9.52. The van der Waals surface area contributed by atoms with Crippen LogP contribution in [0.2, 0.25) is 0 Å². The van der Waals surface area contributed by atoms with Crippen molar-refractivity contribution in [2.24, 2.45) is 0 Å². The molecule has 1 N–H and O–H groups in total. The van der Waals surface area contributed by atoms with Crippen LogP contribution in [-0.4, -0.2) is 37.1 Å². The van der Waals surface area contributed by atoms with Gasteiger partial charge in [-0.1, -0.05) is 20.3 Å². The zero-order valence-electron chi connectivity index (χ0n) is 9.18. The molecule has 0 aromatic carbocycles. The van der Waals surface area contributed by atoms with Crippen LogP contribution >= 0.6 is 0 Å². The molecule has 13 heavy (non-hydrogen) atoms. The highest BCUT2D eigenvalue weighted by molar-refractivity contribution is 4.73. The lowest BCUT2D eigenvalue weighted by Gasteiger charge is -2.29. The highest BCUT2D eigenvalue weighted by atomic mass is 15.2. The summed E-state index contributed by atoms with van der Waals surface area (Å²) in [6.07, 6.45) is 5.33. The van der Waals surface area contributed by atoms with Crippen LogP contribution in [0.3, 0.4) is 0 Å². The summed E-state index contributed by atoms with van der Waals surface area (Å²) in [6, 6.07) is 0.838. The van der Waals surface area contributed by atoms with Crippen LogP contribution in [0.25, 0.3) is 0 Å². The van der Waals surface area contributed by atoms with Gasteiger partial charge in [0.05, 0.1) is 0 Å². The van der Waals surface area contributed by atoms with Gasteiger partial charge in [0.1, 0.15) is 0 Å². The Kier molecular flexibility index (Phi) is 5.40. The molecule has 0 saturated carbocycles. The van der Waals surface area contributed by atoms with Gasteiger partial charge < -0.3 is 5.32 Å². The van der Waals surface area contributed by atoms with Crippen molar-refractivity contribution in [2.75, 3.05) is 26.2 Å². The summed E-state index contributed by atoms with van der Waals surface area (Å²) in [5, 5.41) is 3.46. The van der Waals surface area contributed by atoms with Gasteiger partial charge in [0.15, 0.2) is 0 Å². The van der Waals surface area contributed by atoms with Crippen LogP contribution in [0.4, 0.5) is 0 Å². The smallest absolute Gasteiger partial charge is 0.0110 e. The van der Waals surface area contributed by atoms with E-state index in [9.17, 15) is 0 Å². The summed E-state index contributed by atoms with van der Waals surface area (Å²) < 4.78 is 0. The molecule has 0 unspecified atom stereocenters. The average molecular weight is 184 g/mol. The molecule has 2 nitrogen and oxygen atoms in total. The van der Waals surface area contributed by atoms with Crippen LogP contribution in [0.5, 0.6) is 0 Å². The maximum Gasteiger partial charge on any atom is 0.0110 e. The Morgan fingerprint density at radius 1 is 1.23 bits per heavy atom. The van der Waals surface area contributed by atoms with Crippen molar-refractivity contribution in [2.45, 2.75) is 45.6 Å². The first-order valence-electron chi connectivity index (χ1n) is 5.83. The van der Waals surface area contributed by atoms with E-state index in [0.717, 1.165) is 6.04 Å². The molecule has 0 amide bonds. The third kappa shape index (κ3) is 3.65. The van der Waals surface area contributed by atoms with Crippen LogP contribution in [0.15, 0.2) is 0 Å². The van der Waals surface area contributed by atoms with Gasteiger partial charge in [0.2, 0.25) is 0 Å². The van der Waals surface area contributed by atoms with E-state index in [1.165, 1.54) is 51.9 Å². The monoisotopic (exact) mass is 184 g/mol. The minimum absolute atomic E-state index is 0.838. The van der Waals surface area contributed by atoms with Crippen molar-refractivity contribution < 1.29 is 0 Å². The van der Waals surface area contributed by atoms with Gasteiger partial charge in [-0.05, 0) is 32.4 Å². The quantitative estimate of drug-likeness (QED) is 0.717. The SMILES string of the molecule is CCC[C@H](CC)N1CCCNCC1. The molecule has 1 fully saturated rings. The van der Waals surface area contributed by atoms with E-state index in [1.807, 2.05) is 0 Å². The molecular formula is C11H24N2. The van der Waals surface area contributed by atoms with Crippen molar-refractivity contribution in [1.29, 1.82) is 0 Å². The molecule has 2 heteroatoms. The van der Waals surface area contributed by atoms with Gasteiger partial charge in [-0.2, -0.15) is 0 Å². The molecule has 0 spiro atoms. The topological polar surface area (TPSA) is 15.3 Å². The van der Waals surface area contributed by atoms with Gasteiger partial charge >= 0.3 is 0 Å². The lowest BCUT2D eigenvalue weighted by Crippen LogP contribution is -2.37. The summed E-state index contributed by atoms with van der Waals surface area (Å²) in [6.45, 7) is 9.54. The molecule has 78 valence electrons. The van der Waals surface area contributed by atoms with Gasteiger partial charge in [0.25, 0.3) is 0 Å². The average Bonchev–Trinajstić information content (AvgIpc) is 2.42. The standard InChI is InChI=1S/C11H24N2/c1-3-6-11(4-2)13-9-5-7-12-8-10-13/h11-12H,3-10H2,1-2H3/t11-/m0/s1. The molecule has 1 heterocycles. The fourth-order valence-corrected chi connectivity index (χ4v) is 2.21. The Balaban J connectivity index is 2.35. The van der Waals surface area contributed by atoms with Crippen molar-refractivity contribution >= 4 is 0 Å². The van der Waals surface area contributed by atoms with E-state index in [4.69, 9.17) is 0 Å². The second-order valence-electron chi connectivity index (χ2n) is 3.99. The molecule has 0 aromatic rings. The lowest BCUT2D eigenvalue weighted by atomic mass is 10.1. The Morgan fingerprint density at radius 3 is 2.77 bits per heavy atom. The molecule has 1 atom stereocenters. The Hall–Kier alpha value is -0.0800. The maximum absolute atomic E-state index is 3.46. The molecule has 0 bridgehead atoms. The summed E-state index contributed by atoms with van der Waals surface area (Å²) in [5.74, 6) is 0. The number of nitrogens with one attached hydrogen (secondary N) is 1. The number of hydrogen-bond acceptors (Lipinski definition) is 2. The Morgan fingerprint density at radius 2 is 2.08 bits per heavy atom.